The van der Waals surface area contributed by atoms with Gasteiger partial charge in [-0.2, -0.15) is 0 Å². The van der Waals surface area contributed by atoms with Crippen LogP contribution in [0.15, 0.2) is 23.4 Å². The normalized spacial score (nSPS) is 20.1. The summed E-state index contributed by atoms with van der Waals surface area (Å²) in [5.74, 6) is 0.343. The van der Waals surface area contributed by atoms with E-state index in [4.69, 9.17) is 5.14 Å². The molecule has 0 saturated carbocycles. The van der Waals surface area contributed by atoms with Crippen molar-refractivity contribution in [3.63, 3.8) is 0 Å². The molecule has 1 aromatic rings. The molecule has 134 valence electrons. The molecule has 1 fully saturated rings. The molecule has 1 aliphatic rings. The van der Waals surface area contributed by atoms with Gasteiger partial charge in [0.1, 0.15) is 0 Å². The van der Waals surface area contributed by atoms with Crippen molar-refractivity contribution in [2.45, 2.75) is 43.7 Å². The van der Waals surface area contributed by atoms with Crippen LogP contribution in [-0.4, -0.2) is 48.1 Å². The summed E-state index contributed by atoms with van der Waals surface area (Å²) < 4.78 is 22.5. The topological polar surface area (TPSA) is 126 Å². The van der Waals surface area contributed by atoms with Crippen molar-refractivity contribution >= 4 is 21.8 Å². The van der Waals surface area contributed by atoms with Gasteiger partial charge >= 0.3 is 6.09 Å². The van der Waals surface area contributed by atoms with E-state index < -0.39 is 16.1 Å². The van der Waals surface area contributed by atoms with Crippen molar-refractivity contribution in [1.29, 1.82) is 0 Å². The predicted octanol–water partition coefficient (Wildman–Crippen LogP) is 1.70. The Kier molecular flexibility index (Phi) is 5.34. The zero-order valence-corrected chi connectivity index (χ0v) is 14.7. The summed E-state index contributed by atoms with van der Waals surface area (Å²) in [6.45, 7) is 5.13. The van der Waals surface area contributed by atoms with Crippen LogP contribution in [0.4, 0.5) is 10.5 Å². The van der Waals surface area contributed by atoms with E-state index in [0.29, 0.717) is 24.7 Å². The second kappa shape index (κ2) is 6.94. The fraction of sp³-hybridized carbons (Fsp3) is 0.600. The van der Waals surface area contributed by atoms with E-state index in [2.05, 4.69) is 10.3 Å². The number of nitrogens with zero attached hydrogens (tertiary/aromatic N) is 2. The highest BCUT2D eigenvalue weighted by Gasteiger charge is 2.40. The highest BCUT2D eigenvalue weighted by atomic mass is 32.2. The molecule has 1 saturated heterocycles. The van der Waals surface area contributed by atoms with Gasteiger partial charge in [-0.25, -0.2) is 23.3 Å². The SMILES string of the molecule is CC1(C)CC(CCCNc2ccnc(S(N)(=O)=O)c2)CN1C(=O)O. The van der Waals surface area contributed by atoms with Crippen LogP contribution in [0.2, 0.25) is 0 Å². The molecule has 2 heterocycles. The van der Waals surface area contributed by atoms with Gasteiger partial charge in [-0.15, -0.1) is 0 Å². The first-order chi connectivity index (χ1) is 11.1. The summed E-state index contributed by atoms with van der Waals surface area (Å²) in [6, 6.07) is 3.08. The minimum absolute atomic E-state index is 0.165. The monoisotopic (exact) mass is 356 g/mol. The summed E-state index contributed by atoms with van der Waals surface area (Å²) in [5, 5.41) is 17.3. The molecular formula is C15H24N4O4S. The summed E-state index contributed by atoms with van der Waals surface area (Å²) in [4.78, 5) is 16.5. The maximum atomic E-state index is 11.3. The quantitative estimate of drug-likeness (QED) is 0.666. The number of aromatic nitrogens is 1. The fourth-order valence-electron chi connectivity index (χ4n) is 3.22. The van der Waals surface area contributed by atoms with E-state index >= 15 is 0 Å². The number of anilines is 1. The average molecular weight is 356 g/mol. The number of hydrogen-bond acceptors (Lipinski definition) is 5. The lowest BCUT2D eigenvalue weighted by molar-refractivity contribution is 0.117. The van der Waals surface area contributed by atoms with Gasteiger partial charge in [0.15, 0.2) is 5.03 Å². The van der Waals surface area contributed by atoms with Crippen molar-refractivity contribution in [3.05, 3.63) is 18.3 Å². The summed E-state index contributed by atoms with van der Waals surface area (Å²) in [6.07, 6.45) is 3.15. The second-order valence-electron chi connectivity index (χ2n) is 6.77. The van der Waals surface area contributed by atoms with E-state index in [1.807, 2.05) is 13.8 Å². The first-order valence-electron chi connectivity index (χ1n) is 7.83. The molecule has 2 rings (SSSR count). The number of rotatable bonds is 6. The molecule has 1 aromatic heterocycles. The van der Waals surface area contributed by atoms with Crippen molar-refractivity contribution in [2.24, 2.45) is 11.1 Å². The Morgan fingerprint density at radius 3 is 2.83 bits per heavy atom. The first kappa shape index (κ1) is 18.5. The van der Waals surface area contributed by atoms with Crippen LogP contribution in [0.25, 0.3) is 0 Å². The Hall–Kier alpha value is -1.87. The van der Waals surface area contributed by atoms with E-state index in [9.17, 15) is 18.3 Å². The molecule has 0 radical (unpaired) electrons. The number of likely N-dealkylation sites (tertiary alicyclic amines) is 1. The van der Waals surface area contributed by atoms with Crippen LogP contribution >= 0.6 is 0 Å². The average Bonchev–Trinajstić information content (AvgIpc) is 2.78. The van der Waals surface area contributed by atoms with Gasteiger partial charge in [0.05, 0.1) is 0 Å². The predicted molar refractivity (Wildman–Crippen MR) is 90.3 cm³/mol. The number of carboxylic acid groups (broad SMARTS) is 1. The van der Waals surface area contributed by atoms with Crippen LogP contribution in [0.1, 0.15) is 33.1 Å². The Morgan fingerprint density at radius 2 is 2.25 bits per heavy atom. The molecule has 1 unspecified atom stereocenters. The van der Waals surface area contributed by atoms with Gasteiger partial charge in [-0.1, -0.05) is 0 Å². The highest BCUT2D eigenvalue weighted by molar-refractivity contribution is 7.89. The smallest absolute Gasteiger partial charge is 0.407 e. The first-order valence-corrected chi connectivity index (χ1v) is 9.37. The van der Waals surface area contributed by atoms with Crippen molar-refractivity contribution in [3.8, 4) is 0 Å². The Balaban J connectivity index is 1.81. The Morgan fingerprint density at radius 1 is 1.54 bits per heavy atom. The number of sulfonamides is 1. The number of amides is 1. The molecule has 0 aromatic carbocycles. The molecule has 0 spiro atoms. The summed E-state index contributed by atoms with van der Waals surface area (Å²) in [5.41, 5.74) is 0.326. The van der Waals surface area contributed by atoms with Gasteiger partial charge in [-0.3, -0.25) is 0 Å². The van der Waals surface area contributed by atoms with E-state index in [1.165, 1.54) is 17.2 Å². The van der Waals surface area contributed by atoms with Crippen LogP contribution in [0.3, 0.4) is 0 Å². The number of carbonyl (C=O) groups is 1. The van der Waals surface area contributed by atoms with E-state index in [1.54, 1.807) is 6.07 Å². The van der Waals surface area contributed by atoms with E-state index in [-0.39, 0.29) is 10.6 Å². The highest BCUT2D eigenvalue weighted by Crippen LogP contribution is 2.34. The second-order valence-corrected chi connectivity index (χ2v) is 8.28. The summed E-state index contributed by atoms with van der Waals surface area (Å²) >= 11 is 0. The van der Waals surface area contributed by atoms with E-state index in [0.717, 1.165) is 19.3 Å². The molecule has 0 aliphatic carbocycles. The fourth-order valence-corrected chi connectivity index (χ4v) is 3.71. The molecule has 1 amide bonds. The molecule has 4 N–H and O–H groups in total. The molecule has 8 nitrogen and oxygen atoms in total. The standard InChI is InChI=1S/C15H24N4O4S/c1-15(2)9-11(10-19(15)14(20)21)4-3-6-17-12-5-7-18-13(8-12)24(16,22)23/h5,7-8,11H,3-4,6,9-10H2,1-2H3,(H,17,18)(H,20,21)(H2,16,22,23). The minimum atomic E-state index is -3.81. The lowest BCUT2D eigenvalue weighted by Gasteiger charge is -2.28. The van der Waals surface area contributed by atoms with Crippen LogP contribution in [-0.2, 0) is 10.0 Å². The maximum Gasteiger partial charge on any atom is 0.407 e. The lowest BCUT2D eigenvalue weighted by Crippen LogP contribution is -2.41. The maximum absolute atomic E-state index is 11.3. The molecule has 24 heavy (non-hydrogen) atoms. The number of pyridine rings is 1. The summed E-state index contributed by atoms with van der Waals surface area (Å²) in [7, 11) is -3.81. The zero-order chi connectivity index (χ0) is 18.0. The van der Waals surface area contributed by atoms with Gasteiger partial charge < -0.3 is 15.3 Å². The van der Waals surface area contributed by atoms with Gasteiger partial charge in [0.2, 0.25) is 0 Å². The molecular weight excluding hydrogens is 332 g/mol. The van der Waals surface area contributed by atoms with Crippen molar-refractivity contribution in [1.82, 2.24) is 9.88 Å². The Labute approximate surface area is 142 Å². The largest absolute Gasteiger partial charge is 0.465 e. The zero-order valence-electron chi connectivity index (χ0n) is 13.9. The Bertz CT molecular complexity index is 705. The number of primary sulfonamides is 1. The third-order valence-electron chi connectivity index (χ3n) is 4.34. The van der Waals surface area contributed by atoms with Crippen LogP contribution < -0.4 is 10.5 Å². The molecule has 1 atom stereocenters. The van der Waals surface area contributed by atoms with Gasteiger partial charge in [-0.05, 0) is 45.1 Å². The number of nitrogens with one attached hydrogen (secondary N) is 1. The number of nitrogens with two attached hydrogens (primary N) is 1. The molecule has 1 aliphatic heterocycles. The third-order valence-corrected chi connectivity index (χ3v) is 5.14. The van der Waals surface area contributed by atoms with Crippen molar-refractivity contribution < 1.29 is 18.3 Å². The number of hydrogen-bond donors (Lipinski definition) is 3. The lowest BCUT2D eigenvalue weighted by atomic mass is 9.93. The van der Waals surface area contributed by atoms with Crippen molar-refractivity contribution in [2.75, 3.05) is 18.4 Å². The molecule has 9 heteroatoms. The third kappa shape index (κ3) is 4.57. The molecule has 0 bridgehead atoms. The van der Waals surface area contributed by atoms with Gasteiger partial charge in [0.25, 0.3) is 10.0 Å². The van der Waals surface area contributed by atoms with Gasteiger partial charge in [0, 0.05) is 36.6 Å². The van der Waals surface area contributed by atoms with Crippen LogP contribution in [0.5, 0.6) is 0 Å². The minimum Gasteiger partial charge on any atom is -0.465 e. The van der Waals surface area contributed by atoms with Crippen LogP contribution in [0, 0.1) is 5.92 Å².